The molecular formula is C15H16Cl2N2O2. The molecule has 2 fully saturated rings. The highest BCUT2D eigenvalue weighted by molar-refractivity contribution is 6.36. The van der Waals surface area contributed by atoms with E-state index in [0.717, 1.165) is 12.8 Å². The molecule has 0 aromatic heterocycles. The van der Waals surface area contributed by atoms with Crippen LogP contribution in [0.15, 0.2) is 18.2 Å². The monoisotopic (exact) mass is 326 g/mol. The van der Waals surface area contributed by atoms with E-state index >= 15 is 0 Å². The Morgan fingerprint density at radius 3 is 2.86 bits per heavy atom. The topological polar surface area (TPSA) is 49.4 Å². The number of rotatable bonds is 1. The van der Waals surface area contributed by atoms with E-state index in [4.69, 9.17) is 23.2 Å². The fourth-order valence-electron chi connectivity index (χ4n) is 3.13. The highest BCUT2D eigenvalue weighted by atomic mass is 35.5. The second kappa shape index (κ2) is 5.85. The molecule has 4 nitrogen and oxygen atoms in total. The number of hydrogen-bond acceptors (Lipinski definition) is 2. The summed E-state index contributed by atoms with van der Waals surface area (Å²) in [5.74, 6) is 0.398. The average molecular weight is 327 g/mol. The lowest BCUT2D eigenvalue weighted by molar-refractivity contribution is -0.125. The van der Waals surface area contributed by atoms with Crippen LogP contribution in [-0.2, 0) is 4.79 Å². The number of nitrogens with one attached hydrogen (secondary N) is 1. The number of halogens is 2. The summed E-state index contributed by atoms with van der Waals surface area (Å²) in [4.78, 5) is 25.8. The van der Waals surface area contributed by atoms with E-state index in [1.807, 2.05) is 4.90 Å². The van der Waals surface area contributed by atoms with Crippen LogP contribution in [0.5, 0.6) is 0 Å². The number of likely N-dealkylation sites (tertiary alicyclic amines) is 1. The lowest BCUT2D eigenvalue weighted by Gasteiger charge is -2.41. The summed E-state index contributed by atoms with van der Waals surface area (Å²) in [6.07, 6.45) is 2.19. The summed E-state index contributed by atoms with van der Waals surface area (Å²) in [6, 6.07) is 5.14. The predicted molar refractivity (Wildman–Crippen MR) is 81.6 cm³/mol. The minimum Gasteiger partial charge on any atom is -0.353 e. The Labute approximate surface area is 133 Å². The minimum absolute atomic E-state index is 0.0629. The second-order valence-corrected chi connectivity index (χ2v) is 6.48. The molecule has 2 unspecified atom stereocenters. The van der Waals surface area contributed by atoms with Crippen molar-refractivity contribution < 1.29 is 9.59 Å². The number of amides is 2. The maximum absolute atomic E-state index is 12.6. The summed E-state index contributed by atoms with van der Waals surface area (Å²) in [7, 11) is 0. The van der Waals surface area contributed by atoms with Gasteiger partial charge >= 0.3 is 0 Å². The third-order valence-electron chi connectivity index (χ3n) is 4.27. The van der Waals surface area contributed by atoms with Crippen LogP contribution in [0, 0.1) is 5.92 Å². The average Bonchev–Trinajstić information content (AvgIpc) is 2.46. The Morgan fingerprint density at radius 2 is 2.10 bits per heavy atom. The van der Waals surface area contributed by atoms with Gasteiger partial charge in [0.15, 0.2) is 0 Å². The number of carbonyl (C=O) groups is 2. The molecule has 1 aromatic rings. The molecule has 21 heavy (non-hydrogen) atoms. The van der Waals surface area contributed by atoms with Crippen molar-refractivity contribution >= 4 is 35.0 Å². The molecule has 6 heteroatoms. The highest BCUT2D eigenvalue weighted by Crippen LogP contribution is 2.28. The number of hydrogen-bond donors (Lipinski definition) is 1. The van der Waals surface area contributed by atoms with Crippen LogP contribution < -0.4 is 5.32 Å². The van der Waals surface area contributed by atoms with Crippen LogP contribution in [0.2, 0.25) is 10.0 Å². The SMILES string of the molecule is O=C1CCC2CN(C(=O)c3ccc(Cl)cc3Cl)CCC2N1. The van der Waals surface area contributed by atoms with Crippen molar-refractivity contribution in [2.45, 2.75) is 25.3 Å². The van der Waals surface area contributed by atoms with Crippen LogP contribution >= 0.6 is 23.2 Å². The van der Waals surface area contributed by atoms with Crippen LogP contribution in [-0.4, -0.2) is 35.8 Å². The van der Waals surface area contributed by atoms with E-state index in [-0.39, 0.29) is 17.9 Å². The molecule has 2 aliphatic rings. The Bertz CT molecular complexity index is 591. The number of piperidine rings is 2. The lowest BCUT2D eigenvalue weighted by Crippen LogP contribution is -2.55. The van der Waals surface area contributed by atoms with Gasteiger partial charge in [-0.1, -0.05) is 23.2 Å². The second-order valence-electron chi connectivity index (χ2n) is 5.64. The van der Waals surface area contributed by atoms with Crippen molar-refractivity contribution in [1.29, 1.82) is 0 Å². The van der Waals surface area contributed by atoms with E-state index in [0.29, 0.717) is 41.0 Å². The molecule has 0 bridgehead atoms. The van der Waals surface area contributed by atoms with Gasteiger partial charge in [-0.3, -0.25) is 9.59 Å². The first-order chi connectivity index (χ1) is 10.0. The first-order valence-electron chi connectivity index (χ1n) is 7.08. The van der Waals surface area contributed by atoms with E-state index in [1.54, 1.807) is 18.2 Å². The van der Waals surface area contributed by atoms with Crippen LogP contribution in [0.25, 0.3) is 0 Å². The number of fused-ring (bicyclic) bond motifs is 1. The third-order valence-corrected chi connectivity index (χ3v) is 4.82. The van der Waals surface area contributed by atoms with Crippen molar-refractivity contribution in [3.63, 3.8) is 0 Å². The summed E-state index contributed by atoms with van der Waals surface area (Å²) < 4.78 is 0. The molecule has 2 aliphatic heterocycles. The van der Waals surface area contributed by atoms with Crippen LogP contribution in [0.4, 0.5) is 0 Å². The molecule has 112 valence electrons. The number of benzene rings is 1. The smallest absolute Gasteiger partial charge is 0.255 e. The van der Waals surface area contributed by atoms with Gasteiger partial charge in [0.2, 0.25) is 5.91 Å². The first-order valence-corrected chi connectivity index (χ1v) is 7.84. The molecule has 0 saturated carbocycles. The van der Waals surface area contributed by atoms with Crippen molar-refractivity contribution in [1.82, 2.24) is 10.2 Å². The predicted octanol–water partition coefficient (Wildman–Crippen LogP) is 2.73. The molecule has 0 spiro atoms. The van der Waals surface area contributed by atoms with Gasteiger partial charge in [0.25, 0.3) is 5.91 Å². The van der Waals surface area contributed by atoms with Gasteiger partial charge in [0.05, 0.1) is 10.6 Å². The van der Waals surface area contributed by atoms with Crippen LogP contribution in [0.1, 0.15) is 29.6 Å². The Kier molecular flexibility index (Phi) is 4.09. The van der Waals surface area contributed by atoms with Crippen molar-refractivity contribution in [3.05, 3.63) is 33.8 Å². The summed E-state index contributed by atoms with van der Waals surface area (Å²) in [5.41, 5.74) is 0.486. The molecule has 2 amide bonds. The van der Waals surface area contributed by atoms with Gasteiger partial charge in [-0.2, -0.15) is 0 Å². The standard InChI is InChI=1S/C15H16Cl2N2O2/c16-10-2-3-11(12(17)7-10)15(21)19-6-5-13-9(8-19)1-4-14(20)18-13/h2-3,7,9,13H,1,4-6,8H2,(H,18,20). The largest absolute Gasteiger partial charge is 0.353 e. The molecule has 0 radical (unpaired) electrons. The minimum atomic E-state index is -0.0629. The molecule has 2 heterocycles. The van der Waals surface area contributed by atoms with Crippen molar-refractivity contribution in [2.24, 2.45) is 5.92 Å². The summed E-state index contributed by atoms with van der Waals surface area (Å²) in [6.45, 7) is 1.31. The normalized spacial score (nSPS) is 25.2. The molecule has 0 aliphatic carbocycles. The van der Waals surface area contributed by atoms with Gasteiger partial charge in [-0.25, -0.2) is 0 Å². The molecule has 1 N–H and O–H groups in total. The lowest BCUT2D eigenvalue weighted by atomic mass is 9.85. The fourth-order valence-corrected chi connectivity index (χ4v) is 3.62. The highest BCUT2D eigenvalue weighted by Gasteiger charge is 2.35. The van der Waals surface area contributed by atoms with Gasteiger partial charge in [0.1, 0.15) is 0 Å². The first kappa shape index (κ1) is 14.7. The van der Waals surface area contributed by atoms with Crippen molar-refractivity contribution in [2.75, 3.05) is 13.1 Å². The maximum atomic E-state index is 12.6. The van der Waals surface area contributed by atoms with E-state index < -0.39 is 0 Å². The molecular weight excluding hydrogens is 311 g/mol. The molecule has 3 rings (SSSR count). The van der Waals surface area contributed by atoms with E-state index in [9.17, 15) is 9.59 Å². The zero-order chi connectivity index (χ0) is 15.0. The molecule has 2 atom stereocenters. The Morgan fingerprint density at radius 1 is 1.29 bits per heavy atom. The third kappa shape index (κ3) is 3.01. The van der Waals surface area contributed by atoms with Gasteiger partial charge < -0.3 is 10.2 Å². The van der Waals surface area contributed by atoms with Gasteiger partial charge in [-0.15, -0.1) is 0 Å². The van der Waals surface area contributed by atoms with Gasteiger partial charge in [-0.05, 0) is 37.0 Å². The molecule has 2 saturated heterocycles. The zero-order valence-corrected chi connectivity index (χ0v) is 13.0. The Hall–Kier alpha value is -1.26. The Balaban J connectivity index is 1.73. The summed E-state index contributed by atoms with van der Waals surface area (Å²) >= 11 is 12.0. The van der Waals surface area contributed by atoms with E-state index in [2.05, 4.69) is 5.32 Å². The number of carbonyl (C=O) groups excluding carboxylic acids is 2. The quantitative estimate of drug-likeness (QED) is 0.862. The maximum Gasteiger partial charge on any atom is 0.255 e. The van der Waals surface area contributed by atoms with E-state index in [1.165, 1.54) is 0 Å². The van der Waals surface area contributed by atoms with Crippen molar-refractivity contribution in [3.8, 4) is 0 Å². The summed E-state index contributed by atoms with van der Waals surface area (Å²) in [5, 5.41) is 3.92. The zero-order valence-electron chi connectivity index (χ0n) is 11.4. The number of nitrogens with zero attached hydrogens (tertiary/aromatic N) is 1. The molecule has 1 aromatic carbocycles. The van der Waals surface area contributed by atoms with Crippen LogP contribution in [0.3, 0.4) is 0 Å². The fraction of sp³-hybridized carbons (Fsp3) is 0.467. The van der Waals surface area contributed by atoms with Gasteiger partial charge in [0, 0.05) is 30.6 Å².